The Hall–Kier alpha value is -2.84. The van der Waals surface area contributed by atoms with Gasteiger partial charge in [-0.15, -0.1) is 11.8 Å². The van der Waals surface area contributed by atoms with Gasteiger partial charge in [-0.3, -0.25) is 9.59 Å². The average molecular weight is 408 g/mol. The Kier molecular flexibility index (Phi) is 4.52. The zero-order valence-corrected chi connectivity index (χ0v) is 16.8. The van der Waals surface area contributed by atoms with Crippen LogP contribution in [0.25, 0.3) is 16.9 Å². The molecule has 0 bridgehead atoms. The molecule has 5 rings (SSSR count). The highest BCUT2D eigenvalue weighted by Gasteiger charge is 2.31. The van der Waals surface area contributed by atoms with Crippen molar-refractivity contribution < 1.29 is 9.53 Å². The molecule has 3 aromatic rings. The summed E-state index contributed by atoms with van der Waals surface area (Å²) in [4.78, 5) is 28.1. The number of benzene rings is 1. The topological polar surface area (TPSA) is 69.4 Å². The van der Waals surface area contributed by atoms with E-state index in [9.17, 15) is 9.59 Å². The van der Waals surface area contributed by atoms with Crippen LogP contribution in [0.1, 0.15) is 16.1 Å². The van der Waals surface area contributed by atoms with E-state index in [1.54, 1.807) is 35.8 Å². The first kappa shape index (κ1) is 18.2. The van der Waals surface area contributed by atoms with Gasteiger partial charge in [-0.1, -0.05) is 18.2 Å². The van der Waals surface area contributed by atoms with Crippen LogP contribution in [0.4, 0.5) is 0 Å². The summed E-state index contributed by atoms with van der Waals surface area (Å²) in [5.41, 5.74) is 4.08. The van der Waals surface area contributed by atoms with Crippen molar-refractivity contribution in [1.29, 1.82) is 0 Å². The molecular weight excluding hydrogens is 388 g/mol. The quantitative estimate of drug-likeness (QED) is 0.651. The number of carbonyl (C=O) groups excluding carboxylic acids is 1. The predicted octanol–water partition coefficient (Wildman–Crippen LogP) is 2.32. The second-order valence-electron chi connectivity index (χ2n) is 7.11. The van der Waals surface area contributed by atoms with Gasteiger partial charge in [-0.2, -0.15) is 5.10 Å². The van der Waals surface area contributed by atoms with Gasteiger partial charge >= 0.3 is 0 Å². The maximum Gasteiger partial charge on any atom is 0.274 e. The first-order chi connectivity index (χ1) is 14.1. The van der Waals surface area contributed by atoms with Gasteiger partial charge in [0.25, 0.3) is 5.91 Å². The second-order valence-corrected chi connectivity index (χ2v) is 8.13. The van der Waals surface area contributed by atoms with E-state index in [0.29, 0.717) is 37.8 Å². The van der Waals surface area contributed by atoms with E-state index in [2.05, 4.69) is 12.1 Å². The van der Waals surface area contributed by atoms with Crippen molar-refractivity contribution in [3.63, 3.8) is 0 Å². The third-order valence-corrected chi connectivity index (χ3v) is 6.41. The summed E-state index contributed by atoms with van der Waals surface area (Å²) in [6, 6.07) is 11.4. The second kappa shape index (κ2) is 7.20. The average Bonchev–Trinajstić information content (AvgIpc) is 3.16. The summed E-state index contributed by atoms with van der Waals surface area (Å²) >= 11 is 1.72. The molecule has 1 saturated heterocycles. The van der Waals surface area contributed by atoms with E-state index in [1.807, 2.05) is 17.0 Å². The summed E-state index contributed by atoms with van der Waals surface area (Å²) in [5.74, 6) is 0.622. The Bertz CT molecular complexity index is 1160. The van der Waals surface area contributed by atoms with Crippen molar-refractivity contribution in [2.45, 2.75) is 10.6 Å². The summed E-state index contributed by atoms with van der Waals surface area (Å²) in [6.45, 7) is 2.24. The largest absolute Gasteiger partial charge is 0.378 e. The number of rotatable bonds is 2. The fraction of sp³-hybridized carbons (Fsp3) is 0.286. The highest BCUT2D eigenvalue weighted by atomic mass is 32.2. The molecule has 1 fully saturated rings. The maximum atomic E-state index is 13.3. The molecule has 1 aromatic carbocycles. The van der Waals surface area contributed by atoms with Gasteiger partial charge in [0, 0.05) is 54.2 Å². The number of hydrogen-bond acceptors (Lipinski definition) is 5. The van der Waals surface area contributed by atoms with Crippen LogP contribution >= 0.6 is 11.8 Å². The lowest BCUT2D eigenvalue weighted by Crippen LogP contribution is -2.41. The molecule has 2 aliphatic rings. The summed E-state index contributed by atoms with van der Waals surface area (Å²) in [6.07, 6.45) is 1.75. The number of aromatic nitrogens is 3. The monoisotopic (exact) mass is 408 g/mol. The molecule has 0 aliphatic carbocycles. The number of morpholine rings is 1. The molecule has 1 amide bonds. The smallest absolute Gasteiger partial charge is 0.274 e. The minimum atomic E-state index is -0.0876. The lowest BCUT2D eigenvalue weighted by molar-refractivity contribution is 0.0298. The van der Waals surface area contributed by atoms with E-state index in [1.165, 1.54) is 10.6 Å². The number of aryl methyl sites for hydroxylation is 1. The van der Waals surface area contributed by atoms with Crippen molar-refractivity contribution in [2.24, 2.45) is 7.05 Å². The normalized spacial score (nSPS) is 15.7. The molecule has 0 atom stereocenters. The van der Waals surface area contributed by atoms with Gasteiger partial charge in [-0.25, -0.2) is 4.68 Å². The molecule has 0 unspecified atom stereocenters. The van der Waals surface area contributed by atoms with Gasteiger partial charge in [-0.05, 0) is 12.1 Å². The van der Waals surface area contributed by atoms with Crippen LogP contribution in [0.5, 0.6) is 0 Å². The first-order valence-electron chi connectivity index (χ1n) is 9.51. The number of fused-ring (bicyclic) bond motifs is 3. The Labute approximate surface area is 171 Å². The predicted molar refractivity (Wildman–Crippen MR) is 111 cm³/mol. The van der Waals surface area contributed by atoms with Gasteiger partial charge < -0.3 is 14.2 Å². The number of pyridine rings is 1. The van der Waals surface area contributed by atoms with Crippen LogP contribution < -0.4 is 5.56 Å². The standard InChI is InChI=1S/C21H20N4O3S/c1-23-12-14(6-7-18(23)26)25-20-15-4-2-3-5-17(15)29-13-16(20)19(22-25)21(27)24-8-10-28-11-9-24/h2-7,12H,8-11,13H2,1H3. The number of carbonyl (C=O) groups is 1. The molecule has 29 heavy (non-hydrogen) atoms. The molecular formula is C21H20N4O3S. The van der Waals surface area contributed by atoms with Crippen LogP contribution in [-0.2, 0) is 17.5 Å². The number of thioether (sulfide) groups is 1. The number of amides is 1. The molecule has 2 aliphatic heterocycles. The third-order valence-electron chi connectivity index (χ3n) is 5.31. The Morgan fingerprint density at radius 2 is 1.93 bits per heavy atom. The van der Waals surface area contributed by atoms with Crippen LogP contribution in [0.15, 0.2) is 52.3 Å². The fourth-order valence-electron chi connectivity index (χ4n) is 3.78. The lowest BCUT2D eigenvalue weighted by Gasteiger charge is -2.26. The number of ether oxygens (including phenoxy) is 1. The van der Waals surface area contributed by atoms with Crippen LogP contribution in [0, 0.1) is 0 Å². The molecule has 0 spiro atoms. The Morgan fingerprint density at radius 1 is 1.14 bits per heavy atom. The molecule has 7 nitrogen and oxygen atoms in total. The number of hydrogen-bond donors (Lipinski definition) is 0. The highest BCUT2D eigenvalue weighted by molar-refractivity contribution is 7.98. The van der Waals surface area contributed by atoms with E-state index < -0.39 is 0 Å². The molecule has 4 heterocycles. The summed E-state index contributed by atoms with van der Waals surface area (Å²) in [5, 5.41) is 4.76. The van der Waals surface area contributed by atoms with Crippen LogP contribution in [0.2, 0.25) is 0 Å². The van der Waals surface area contributed by atoms with Gasteiger partial charge in [0.2, 0.25) is 5.56 Å². The minimum absolute atomic E-state index is 0.0619. The molecule has 2 aromatic heterocycles. The third kappa shape index (κ3) is 3.08. The zero-order valence-electron chi connectivity index (χ0n) is 16.0. The van der Waals surface area contributed by atoms with Gasteiger partial charge in [0.05, 0.1) is 24.6 Å². The SMILES string of the molecule is Cn1cc(-n2nc(C(=O)N3CCOCC3)c3c2-c2ccccc2SC3)ccc1=O. The van der Waals surface area contributed by atoms with Crippen molar-refractivity contribution >= 4 is 17.7 Å². The lowest BCUT2D eigenvalue weighted by atomic mass is 10.0. The van der Waals surface area contributed by atoms with E-state index in [-0.39, 0.29) is 11.5 Å². The Balaban J connectivity index is 1.70. The van der Waals surface area contributed by atoms with E-state index >= 15 is 0 Å². The molecule has 0 N–H and O–H groups in total. The molecule has 8 heteroatoms. The maximum absolute atomic E-state index is 13.3. The van der Waals surface area contributed by atoms with E-state index in [0.717, 1.165) is 27.4 Å². The first-order valence-corrected chi connectivity index (χ1v) is 10.5. The zero-order chi connectivity index (χ0) is 20.0. The molecule has 0 saturated carbocycles. The van der Waals surface area contributed by atoms with E-state index in [4.69, 9.17) is 9.84 Å². The van der Waals surface area contributed by atoms with Crippen molar-refractivity contribution in [1.82, 2.24) is 19.2 Å². The van der Waals surface area contributed by atoms with Crippen molar-refractivity contribution in [3.05, 3.63) is 64.2 Å². The van der Waals surface area contributed by atoms with Crippen molar-refractivity contribution in [2.75, 3.05) is 26.3 Å². The molecule has 148 valence electrons. The number of nitrogens with zero attached hydrogens (tertiary/aromatic N) is 4. The van der Waals surface area contributed by atoms with Gasteiger partial charge in [0.1, 0.15) is 0 Å². The molecule has 0 radical (unpaired) electrons. The van der Waals surface area contributed by atoms with Crippen LogP contribution in [-0.4, -0.2) is 51.5 Å². The summed E-state index contributed by atoms with van der Waals surface area (Å²) in [7, 11) is 1.71. The van der Waals surface area contributed by atoms with Crippen LogP contribution in [0.3, 0.4) is 0 Å². The Morgan fingerprint density at radius 3 is 2.72 bits per heavy atom. The highest BCUT2D eigenvalue weighted by Crippen LogP contribution is 2.43. The summed E-state index contributed by atoms with van der Waals surface area (Å²) < 4.78 is 8.72. The minimum Gasteiger partial charge on any atom is -0.378 e. The fourth-order valence-corrected chi connectivity index (χ4v) is 4.85. The van der Waals surface area contributed by atoms with Crippen molar-refractivity contribution in [3.8, 4) is 16.9 Å². The van der Waals surface area contributed by atoms with Gasteiger partial charge in [0.15, 0.2) is 5.69 Å².